The van der Waals surface area contributed by atoms with Crippen LogP contribution in [0.4, 0.5) is 5.69 Å². The van der Waals surface area contributed by atoms with E-state index in [2.05, 4.69) is 4.98 Å². The predicted octanol–water partition coefficient (Wildman–Crippen LogP) is 2.90. The first-order chi connectivity index (χ1) is 16.3. The highest BCUT2D eigenvalue weighted by molar-refractivity contribution is 6.14. The average Bonchev–Trinajstić information content (AvgIpc) is 3.74. The molecule has 3 aromatic rings. The number of pyridine rings is 1. The van der Waals surface area contributed by atoms with Crippen LogP contribution < -0.4 is 25.8 Å². The van der Waals surface area contributed by atoms with Gasteiger partial charge in [-0.15, -0.1) is 0 Å². The summed E-state index contributed by atoms with van der Waals surface area (Å²) in [7, 11) is 1.46. The molecule has 0 saturated heterocycles. The molecule has 2 fully saturated rings. The number of carbonyl (C=O) groups is 3. The van der Waals surface area contributed by atoms with Crippen LogP contribution in [-0.4, -0.2) is 35.9 Å². The number of amides is 3. The molecule has 2 aliphatic rings. The van der Waals surface area contributed by atoms with Crippen LogP contribution in [0.3, 0.4) is 0 Å². The van der Waals surface area contributed by atoms with Crippen molar-refractivity contribution in [3.8, 4) is 17.2 Å². The van der Waals surface area contributed by atoms with Crippen molar-refractivity contribution in [1.82, 2.24) is 4.98 Å². The molecule has 9 heteroatoms. The number of methoxy groups -OCH3 is 1. The molecule has 5 rings (SSSR count). The van der Waals surface area contributed by atoms with Gasteiger partial charge < -0.3 is 25.8 Å². The summed E-state index contributed by atoms with van der Waals surface area (Å²) in [4.78, 5) is 42.9. The lowest BCUT2D eigenvalue weighted by Crippen LogP contribution is -2.44. The van der Waals surface area contributed by atoms with E-state index in [1.807, 2.05) is 0 Å². The quantitative estimate of drug-likeness (QED) is 0.496. The second-order valence-corrected chi connectivity index (χ2v) is 8.69. The van der Waals surface area contributed by atoms with Crippen LogP contribution in [0.2, 0.25) is 0 Å². The molecule has 34 heavy (non-hydrogen) atoms. The van der Waals surface area contributed by atoms with E-state index in [9.17, 15) is 14.4 Å². The highest BCUT2D eigenvalue weighted by Gasteiger charge is 2.58. The van der Waals surface area contributed by atoms with Gasteiger partial charge in [-0.2, -0.15) is 0 Å². The standard InChI is InChI=1S/C25H24N4O5/c1-33-21-13-19-17(12-18(21)22(26)30)20(8-11-28-19)34-16-6-4-15(5-7-16)29(14-2-3-14)24(32)25(9-10-25)23(27)31/h4-8,11-14H,2-3,9-10H2,1H3,(H2,26,30)(H2,27,31). The van der Waals surface area contributed by atoms with Crippen LogP contribution in [0.5, 0.6) is 17.2 Å². The fourth-order valence-corrected chi connectivity index (χ4v) is 4.15. The first-order valence-corrected chi connectivity index (χ1v) is 11.0. The summed E-state index contributed by atoms with van der Waals surface area (Å²) in [5, 5.41) is 0.605. The van der Waals surface area contributed by atoms with Gasteiger partial charge in [0.25, 0.3) is 5.91 Å². The summed E-state index contributed by atoms with van der Waals surface area (Å²) in [6.07, 6.45) is 4.39. The molecule has 4 N–H and O–H groups in total. The minimum absolute atomic E-state index is 0.0856. The third-order valence-electron chi connectivity index (χ3n) is 6.39. The van der Waals surface area contributed by atoms with Gasteiger partial charge in [0.15, 0.2) is 0 Å². The number of anilines is 1. The Morgan fingerprint density at radius 1 is 1.03 bits per heavy atom. The van der Waals surface area contributed by atoms with E-state index < -0.39 is 17.2 Å². The summed E-state index contributed by atoms with van der Waals surface area (Å²) in [5.74, 6) is -0.0326. The minimum atomic E-state index is -1.06. The smallest absolute Gasteiger partial charge is 0.252 e. The summed E-state index contributed by atoms with van der Waals surface area (Å²) in [6, 6.07) is 12.1. The van der Waals surface area contributed by atoms with Crippen LogP contribution in [0, 0.1) is 5.41 Å². The van der Waals surface area contributed by atoms with Crippen LogP contribution in [-0.2, 0) is 9.59 Å². The molecule has 2 aromatic carbocycles. The van der Waals surface area contributed by atoms with Gasteiger partial charge in [0.05, 0.1) is 18.2 Å². The van der Waals surface area contributed by atoms with Crippen molar-refractivity contribution in [2.75, 3.05) is 12.0 Å². The molecule has 1 heterocycles. The number of nitrogens with two attached hydrogens (primary N) is 2. The van der Waals surface area contributed by atoms with Gasteiger partial charge in [0.2, 0.25) is 11.8 Å². The topological polar surface area (TPSA) is 138 Å². The number of carbonyl (C=O) groups excluding carboxylic acids is 3. The molecule has 2 aliphatic carbocycles. The molecule has 0 spiro atoms. The number of benzene rings is 2. The van der Waals surface area contributed by atoms with Gasteiger partial charge in [-0.3, -0.25) is 19.4 Å². The van der Waals surface area contributed by atoms with E-state index in [-0.39, 0.29) is 17.5 Å². The molecule has 174 valence electrons. The zero-order valence-corrected chi connectivity index (χ0v) is 18.6. The van der Waals surface area contributed by atoms with Crippen molar-refractivity contribution in [1.29, 1.82) is 0 Å². The van der Waals surface area contributed by atoms with Crippen LogP contribution in [0.25, 0.3) is 10.9 Å². The molecule has 0 radical (unpaired) electrons. The number of aromatic nitrogens is 1. The predicted molar refractivity (Wildman–Crippen MR) is 125 cm³/mol. The SMILES string of the molecule is COc1cc2nccc(Oc3ccc(N(C(=O)C4(C(N)=O)CC4)C4CC4)cc3)c2cc1C(N)=O. The van der Waals surface area contributed by atoms with E-state index in [1.165, 1.54) is 7.11 Å². The average molecular weight is 460 g/mol. The number of primary amides is 2. The van der Waals surface area contributed by atoms with E-state index in [0.29, 0.717) is 46.7 Å². The number of ether oxygens (including phenoxy) is 2. The normalized spacial score (nSPS) is 16.0. The zero-order valence-electron chi connectivity index (χ0n) is 18.6. The Hall–Kier alpha value is -4.14. The lowest BCUT2D eigenvalue weighted by Gasteiger charge is -2.26. The Labute approximate surface area is 195 Å². The minimum Gasteiger partial charge on any atom is -0.496 e. The lowest BCUT2D eigenvalue weighted by atomic mass is 10.0. The zero-order chi connectivity index (χ0) is 24.0. The Bertz CT molecular complexity index is 1310. The van der Waals surface area contributed by atoms with Crippen LogP contribution in [0.1, 0.15) is 36.0 Å². The third kappa shape index (κ3) is 3.68. The van der Waals surface area contributed by atoms with Gasteiger partial charge in [-0.25, -0.2) is 0 Å². The van der Waals surface area contributed by atoms with Crippen molar-refractivity contribution < 1.29 is 23.9 Å². The maximum Gasteiger partial charge on any atom is 0.252 e. The number of nitrogens with zero attached hydrogens (tertiary/aromatic N) is 2. The molecule has 9 nitrogen and oxygen atoms in total. The third-order valence-corrected chi connectivity index (χ3v) is 6.39. The molecular weight excluding hydrogens is 436 g/mol. The summed E-state index contributed by atoms with van der Waals surface area (Å²) < 4.78 is 11.3. The van der Waals surface area contributed by atoms with Crippen molar-refractivity contribution in [3.05, 3.63) is 54.2 Å². The second kappa shape index (κ2) is 8.02. The number of hydrogen-bond donors (Lipinski definition) is 2. The Balaban J connectivity index is 1.43. The summed E-state index contributed by atoms with van der Waals surface area (Å²) in [5.41, 5.74) is 11.5. The van der Waals surface area contributed by atoms with Crippen molar-refractivity contribution in [2.45, 2.75) is 31.7 Å². The lowest BCUT2D eigenvalue weighted by molar-refractivity contribution is -0.133. The van der Waals surface area contributed by atoms with E-state index in [4.69, 9.17) is 20.9 Å². The summed E-state index contributed by atoms with van der Waals surface area (Å²) >= 11 is 0. The molecule has 0 bridgehead atoms. The molecular formula is C25H24N4O5. The van der Waals surface area contributed by atoms with Crippen molar-refractivity contribution in [3.63, 3.8) is 0 Å². The summed E-state index contributed by atoms with van der Waals surface area (Å²) in [6.45, 7) is 0. The monoisotopic (exact) mass is 460 g/mol. The molecule has 1 aromatic heterocycles. The number of hydrogen-bond acceptors (Lipinski definition) is 6. The van der Waals surface area contributed by atoms with Crippen LogP contribution >= 0.6 is 0 Å². The fraction of sp³-hybridized carbons (Fsp3) is 0.280. The van der Waals surface area contributed by atoms with E-state index in [1.54, 1.807) is 53.6 Å². The molecule has 0 unspecified atom stereocenters. The molecule has 2 saturated carbocycles. The van der Waals surface area contributed by atoms with Gasteiger partial charge in [-0.1, -0.05) is 0 Å². The number of rotatable bonds is 8. The largest absolute Gasteiger partial charge is 0.496 e. The molecule has 0 aliphatic heterocycles. The first kappa shape index (κ1) is 21.7. The molecule has 3 amide bonds. The Kier molecular flexibility index (Phi) is 5.11. The van der Waals surface area contributed by atoms with Crippen molar-refractivity contribution in [2.24, 2.45) is 16.9 Å². The first-order valence-electron chi connectivity index (χ1n) is 11.0. The fourth-order valence-electron chi connectivity index (χ4n) is 4.15. The highest BCUT2D eigenvalue weighted by atomic mass is 16.5. The maximum absolute atomic E-state index is 13.2. The molecule has 0 atom stereocenters. The van der Waals surface area contributed by atoms with Gasteiger partial charge in [-0.05, 0) is 62.1 Å². The highest BCUT2D eigenvalue weighted by Crippen LogP contribution is 2.49. The second-order valence-electron chi connectivity index (χ2n) is 8.69. The van der Waals surface area contributed by atoms with Crippen LogP contribution in [0.15, 0.2) is 48.7 Å². The van der Waals surface area contributed by atoms with Gasteiger partial charge in [0.1, 0.15) is 22.7 Å². The Morgan fingerprint density at radius 3 is 2.29 bits per heavy atom. The Morgan fingerprint density at radius 2 is 1.74 bits per heavy atom. The van der Waals surface area contributed by atoms with Crippen molar-refractivity contribution >= 4 is 34.3 Å². The van der Waals surface area contributed by atoms with E-state index >= 15 is 0 Å². The number of fused-ring (bicyclic) bond motifs is 1. The van der Waals surface area contributed by atoms with Gasteiger partial charge in [0, 0.05) is 29.4 Å². The van der Waals surface area contributed by atoms with E-state index in [0.717, 1.165) is 12.8 Å². The van der Waals surface area contributed by atoms with Gasteiger partial charge >= 0.3 is 0 Å². The maximum atomic E-state index is 13.2.